The molecule has 0 spiro atoms. The minimum atomic E-state index is -0.692. The number of nitrogens with one attached hydrogen (secondary N) is 1. The minimum absolute atomic E-state index is 0.203. The summed E-state index contributed by atoms with van der Waals surface area (Å²) in [6.45, 7) is 5.67. The Kier molecular flexibility index (Phi) is 8.21. The largest absolute Gasteiger partial charge is 0.340 e. The van der Waals surface area contributed by atoms with E-state index in [0.717, 1.165) is 22.3 Å². The van der Waals surface area contributed by atoms with Crippen molar-refractivity contribution in [2.45, 2.75) is 39.3 Å². The van der Waals surface area contributed by atoms with Gasteiger partial charge in [0.15, 0.2) is 0 Å². The molecule has 2 amide bonds. The lowest BCUT2D eigenvalue weighted by Crippen LogP contribution is -2.50. The number of nitrogens with zero attached hydrogens (tertiary/aromatic N) is 2. The average molecular weight is 454 g/mol. The maximum absolute atomic E-state index is 13.1. The van der Waals surface area contributed by atoms with Gasteiger partial charge in [-0.05, 0) is 53.6 Å². The first-order valence-electron chi connectivity index (χ1n) is 11.5. The van der Waals surface area contributed by atoms with Crippen LogP contribution in [-0.4, -0.2) is 35.8 Å². The van der Waals surface area contributed by atoms with E-state index < -0.39 is 12.1 Å². The average Bonchev–Trinajstić information content (AvgIpc) is 2.87. The molecule has 3 aromatic carbocycles. The van der Waals surface area contributed by atoms with E-state index in [4.69, 9.17) is 5.26 Å². The van der Waals surface area contributed by atoms with Gasteiger partial charge in [0.1, 0.15) is 12.1 Å². The number of nitriles is 1. The zero-order valence-corrected chi connectivity index (χ0v) is 20.2. The van der Waals surface area contributed by atoms with Gasteiger partial charge >= 0.3 is 0 Å². The van der Waals surface area contributed by atoms with Crippen LogP contribution in [0.2, 0.25) is 0 Å². The Bertz CT molecular complexity index is 1160. The molecule has 0 aliphatic carbocycles. The minimum Gasteiger partial charge on any atom is -0.340 e. The number of hydrogen-bond acceptors (Lipinski definition) is 3. The maximum Gasteiger partial charge on any atom is 0.251 e. The van der Waals surface area contributed by atoms with E-state index >= 15 is 0 Å². The second kappa shape index (κ2) is 11.3. The van der Waals surface area contributed by atoms with Gasteiger partial charge in [0.05, 0.1) is 6.07 Å². The number of carbonyl (C=O) groups excluding carboxylic acids is 2. The highest BCUT2D eigenvalue weighted by Gasteiger charge is 2.27. The molecule has 5 nitrogen and oxygen atoms in total. The molecule has 0 fully saturated rings. The Morgan fingerprint density at radius 1 is 0.853 bits per heavy atom. The van der Waals surface area contributed by atoms with Gasteiger partial charge in [-0.3, -0.25) is 9.59 Å². The van der Waals surface area contributed by atoms with Crippen LogP contribution >= 0.6 is 0 Å². The number of hydrogen-bond donors (Lipinski definition) is 1. The first kappa shape index (κ1) is 24.7. The van der Waals surface area contributed by atoms with Gasteiger partial charge in [0.25, 0.3) is 5.91 Å². The van der Waals surface area contributed by atoms with Crippen LogP contribution in [0.1, 0.15) is 37.6 Å². The fourth-order valence-corrected chi connectivity index (χ4v) is 3.78. The fourth-order valence-electron chi connectivity index (χ4n) is 3.78. The monoisotopic (exact) mass is 453 g/mol. The molecule has 0 saturated carbocycles. The number of amides is 2. The molecule has 0 radical (unpaired) electrons. The summed E-state index contributed by atoms with van der Waals surface area (Å²) in [6.07, 6.45) is 0.494. The summed E-state index contributed by atoms with van der Waals surface area (Å²) in [7, 11) is 1.59. The quantitative estimate of drug-likeness (QED) is 0.487. The van der Waals surface area contributed by atoms with Gasteiger partial charge in [0.2, 0.25) is 5.91 Å². The summed E-state index contributed by atoms with van der Waals surface area (Å²) in [4.78, 5) is 27.4. The van der Waals surface area contributed by atoms with E-state index in [1.54, 1.807) is 20.0 Å². The highest BCUT2D eigenvalue weighted by molar-refractivity contribution is 5.98. The molecule has 0 heterocycles. The predicted molar refractivity (Wildman–Crippen MR) is 136 cm³/mol. The van der Waals surface area contributed by atoms with Gasteiger partial charge in [0, 0.05) is 12.6 Å². The first-order valence-corrected chi connectivity index (χ1v) is 11.5. The summed E-state index contributed by atoms with van der Waals surface area (Å²) in [6, 6.07) is 26.6. The lowest BCUT2D eigenvalue weighted by molar-refractivity contribution is -0.133. The third-order valence-electron chi connectivity index (χ3n) is 5.88. The Balaban J connectivity index is 1.79. The van der Waals surface area contributed by atoms with E-state index in [2.05, 4.69) is 35.7 Å². The van der Waals surface area contributed by atoms with Crippen LogP contribution in [0, 0.1) is 17.2 Å². The van der Waals surface area contributed by atoms with Crippen LogP contribution in [0.25, 0.3) is 22.3 Å². The van der Waals surface area contributed by atoms with Crippen molar-refractivity contribution in [3.05, 3.63) is 84.4 Å². The van der Waals surface area contributed by atoms with Crippen LogP contribution in [0.4, 0.5) is 0 Å². The SMILES string of the molecule is CC(C)CC(NC(=O)c1cccc(-c2ccc(-c3ccccc3)cc2)c1)C(=O)N(C)C(C)C#N. The second-order valence-electron chi connectivity index (χ2n) is 8.93. The Morgan fingerprint density at radius 2 is 1.41 bits per heavy atom. The molecule has 3 rings (SSSR count). The molecular formula is C29H31N3O2. The van der Waals surface area contributed by atoms with Crippen LogP contribution < -0.4 is 5.32 Å². The molecular weight excluding hydrogens is 422 g/mol. The molecule has 0 bridgehead atoms. The highest BCUT2D eigenvalue weighted by atomic mass is 16.2. The van der Waals surface area contributed by atoms with Gasteiger partial charge in [-0.25, -0.2) is 0 Å². The van der Waals surface area contributed by atoms with Crippen molar-refractivity contribution in [1.29, 1.82) is 5.26 Å². The zero-order valence-electron chi connectivity index (χ0n) is 20.2. The van der Waals surface area contributed by atoms with Crippen LogP contribution in [0.3, 0.4) is 0 Å². The van der Waals surface area contributed by atoms with Crippen LogP contribution in [0.15, 0.2) is 78.9 Å². The molecule has 0 aliphatic rings. The standard InChI is InChI=1S/C29H31N3O2/c1-20(2)17-27(29(34)32(4)21(3)19-30)31-28(33)26-12-8-11-25(18-26)24-15-13-23(14-16-24)22-9-6-5-7-10-22/h5-16,18,20-21,27H,17H2,1-4H3,(H,31,33). The third-order valence-corrected chi connectivity index (χ3v) is 5.88. The number of rotatable bonds is 8. The van der Waals surface area contributed by atoms with E-state index in [-0.39, 0.29) is 17.7 Å². The number of carbonyl (C=O) groups is 2. The Labute approximate surface area is 202 Å². The third kappa shape index (κ3) is 6.11. The highest BCUT2D eigenvalue weighted by Crippen LogP contribution is 2.25. The molecule has 174 valence electrons. The van der Waals surface area contributed by atoms with Gasteiger partial charge in [-0.15, -0.1) is 0 Å². The molecule has 0 aromatic heterocycles. The van der Waals surface area contributed by atoms with Gasteiger partial charge in [-0.1, -0.05) is 80.6 Å². The Morgan fingerprint density at radius 3 is 2.00 bits per heavy atom. The molecule has 2 atom stereocenters. The zero-order chi connectivity index (χ0) is 24.7. The van der Waals surface area contributed by atoms with Crippen molar-refractivity contribution in [1.82, 2.24) is 10.2 Å². The van der Waals surface area contributed by atoms with Gasteiger partial charge < -0.3 is 10.2 Å². The smallest absolute Gasteiger partial charge is 0.251 e. The molecule has 2 unspecified atom stereocenters. The second-order valence-corrected chi connectivity index (χ2v) is 8.93. The van der Waals surface area contributed by atoms with E-state index in [1.807, 2.05) is 62.4 Å². The van der Waals surface area contributed by atoms with Crippen molar-refractivity contribution in [3.8, 4) is 28.3 Å². The summed E-state index contributed by atoms with van der Waals surface area (Å²) >= 11 is 0. The summed E-state index contributed by atoms with van der Waals surface area (Å²) < 4.78 is 0. The molecule has 5 heteroatoms. The van der Waals surface area contributed by atoms with Crippen molar-refractivity contribution in [2.24, 2.45) is 5.92 Å². The van der Waals surface area contributed by atoms with E-state index in [1.165, 1.54) is 4.90 Å². The lowest BCUT2D eigenvalue weighted by Gasteiger charge is -2.27. The molecule has 1 N–H and O–H groups in total. The first-order chi connectivity index (χ1) is 16.3. The number of likely N-dealkylation sites (N-methyl/N-ethyl adjacent to an activating group) is 1. The van der Waals surface area contributed by atoms with E-state index in [0.29, 0.717) is 12.0 Å². The normalized spacial score (nSPS) is 12.5. The van der Waals surface area contributed by atoms with Crippen LogP contribution in [0.5, 0.6) is 0 Å². The van der Waals surface area contributed by atoms with Crippen molar-refractivity contribution in [3.63, 3.8) is 0 Å². The lowest BCUT2D eigenvalue weighted by atomic mass is 9.98. The molecule has 34 heavy (non-hydrogen) atoms. The summed E-state index contributed by atoms with van der Waals surface area (Å²) in [5.74, 6) is -0.363. The van der Waals surface area contributed by atoms with Crippen molar-refractivity contribution < 1.29 is 9.59 Å². The summed E-state index contributed by atoms with van der Waals surface area (Å²) in [5, 5.41) is 12.1. The molecule has 0 saturated heterocycles. The topological polar surface area (TPSA) is 73.2 Å². The maximum atomic E-state index is 13.1. The van der Waals surface area contributed by atoms with Crippen molar-refractivity contribution >= 4 is 11.8 Å². The fraction of sp³-hybridized carbons (Fsp3) is 0.276. The predicted octanol–water partition coefficient (Wildman–Crippen LogP) is 5.54. The number of benzene rings is 3. The van der Waals surface area contributed by atoms with Crippen molar-refractivity contribution in [2.75, 3.05) is 7.05 Å². The van der Waals surface area contributed by atoms with Gasteiger partial charge in [-0.2, -0.15) is 5.26 Å². The molecule has 3 aromatic rings. The van der Waals surface area contributed by atoms with E-state index in [9.17, 15) is 9.59 Å². The molecule has 0 aliphatic heterocycles. The Hall–Kier alpha value is -3.91. The summed E-state index contributed by atoms with van der Waals surface area (Å²) in [5.41, 5.74) is 4.70. The van der Waals surface area contributed by atoms with Crippen LogP contribution in [-0.2, 0) is 4.79 Å².